The molecule has 114 valence electrons. The zero-order chi connectivity index (χ0) is 14.8. The normalized spacial score (nSPS) is 14.2. The molecule has 0 aromatic carbocycles. The molecule has 0 aromatic heterocycles. The fourth-order valence-electron chi connectivity index (χ4n) is 1.66. The molecule has 0 saturated heterocycles. The second-order valence-corrected chi connectivity index (χ2v) is 7.23. The van der Waals surface area contributed by atoms with Crippen molar-refractivity contribution in [1.29, 1.82) is 0 Å². The quantitative estimate of drug-likeness (QED) is 0.170. The topological polar surface area (TPSA) is 38.8 Å². The first-order valence-corrected chi connectivity index (χ1v) is 9.67. The molecule has 0 bridgehead atoms. The van der Waals surface area contributed by atoms with Crippen LogP contribution in [0.4, 0.5) is 0 Å². The van der Waals surface area contributed by atoms with Gasteiger partial charge < -0.3 is 0 Å². The van der Waals surface area contributed by atoms with E-state index in [0.29, 0.717) is 25.2 Å². The summed E-state index contributed by atoms with van der Waals surface area (Å²) in [6, 6.07) is 0.448. The first-order chi connectivity index (χ1) is 8.92. The fourth-order valence-corrected chi connectivity index (χ4v) is 3.10. The maximum absolute atomic E-state index is 11.1. The summed E-state index contributed by atoms with van der Waals surface area (Å²) in [5.74, 6) is 0.275. The van der Waals surface area contributed by atoms with Crippen LogP contribution in [0.1, 0.15) is 27.7 Å². The summed E-state index contributed by atoms with van der Waals surface area (Å²) in [7, 11) is 2.17. The van der Waals surface area contributed by atoms with Crippen LogP contribution in [0.25, 0.3) is 0 Å². The van der Waals surface area contributed by atoms with E-state index in [-0.39, 0.29) is 34.1 Å². The minimum absolute atomic E-state index is 0.0297. The zero-order valence-corrected chi connectivity index (χ0v) is 15.1. The first-order valence-electron chi connectivity index (χ1n) is 6.55. The van der Waals surface area contributed by atoms with E-state index in [1.54, 1.807) is 6.92 Å². The zero-order valence-electron chi connectivity index (χ0n) is 12.9. The molecule has 0 fully saturated rings. The summed E-state index contributed by atoms with van der Waals surface area (Å²) in [5, 5.41) is 0. The van der Waals surface area contributed by atoms with Crippen molar-refractivity contribution in [2.24, 2.45) is 5.92 Å². The predicted molar refractivity (Wildman–Crippen MR) is 73.5 cm³/mol. The average molecular weight is 384 g/mol. The van der Waals surface area contributed by atoms with Crippen LogP contribution in [0.15, 0.2) is 11.6 Å². The van der Waals surface area contributed by atoms with E-state index < -0.39 is 0 Å². The molecular formula is C14H27INO3-. The van der Waals surface area contributed by atoms with Crippen LogP contribution in [-0.4, -0.2) is 46.9 Å². The molecule has 4 nitrogen and oxygen atoms in total. The molecule has 0 radical (unpaired) electrons. The number of nitrogens with zero attached hydrogens (tertiary/aromatic N) is 1. The van der Waals surface area contributed by atoms with Crippen LogP contribution in [-0.2, 0) is 14.3 Å². The molecule has 0 aromatic rings. The van der Waals surface area contributed by atoms with Gasteiger partial charge in [0.2, 0.25) is 0 Å². The summed E-state index contributed by atoms with van der Waals surface area (Å²) >= 11 is 0.0834. The van der Waals surface area contributed by atoms with Crippen molar-refractivity contribution in [2.45, 2.75) is 33.7 Å². The molecule has 0 saturated carbocycles. The molecule has 0 unspecified atom stereocenters. The molecule has 0 aliphatic heterocycles. The van der Waals surface area contributed by atoms with Gasteiger partial charge in [0.15, 0.2) is 0 Å². The molecule has 0 spiro atoms. The molecule has 1 atom stereocenters. The number of ether oxygens (including phenoxy) is 2. The van der Waals surface area contributed by atoms with Crippen molar-refractivity contribution < 1.29 is 35.7 Å². The molecule has 19 heavy (non-hydrogen) atoms. The van der Waals surface area contributed by atoms with Gasteiger partial charge in [0, 0.05) is 0 Å². The summed E-state index contributed by atoms with van der Waals surface area (Å²) in [5.41, 5.74) is 1.16. The average Bonchev–Trinajstić information content (AvgIpc) is 2.35. The van der Waals surface area contributed by atoms with Crippen LogP contribution in [0.3, 0.4) is 0 Å². The predicted octanol–water partition coefficient (Wildman–Crippen LogP) is -0.897. The third kappa shape index (κ3) is 8.60. The monoisotopic (exact) mass is 384 g/mol. The summed E-state index contributed by atoms with van der Waals surface area (Å²) in [4.78, 5) is 13.4. The van der Waals surface area contributed by atoms with Crippen LogP contribution in [0.5, 0.6) is 0 Å². The Kier molecular flexibility index (Phi) is 10.5. The number of halogens is 1. The van der Waals surface area contributed by atoms with E-state index in [1.807, 2.05) is 6.92 Å². The van der Waals surface area contributed by atoms with Crippen molar-refractivity contribution in [3.8, 4) is 0 Å². The van der Waals surface area contributed by atoms with Crippen molar-refractivity contribution in [3.05, 3.63) is 11.6 Å². The van der Waals surface area contributed by atoms with Gasteiger partial charge in [-0.05, 0) is 0 Å². The van der Waals surface area contributed by atoms with Gasteiger partial charge in [-0.15, -0.1) is 0 Å². The molecular weight excluding hydrogens is 357 g/mol. The van der Waals surface area contributed by atoms with Crippen LogP contribution in [0, 0.1) is 5.92 Å². The molecule has 0 aliphatic rings. The van der Waals surface area contributed by atoms with Crippen LogP contribution in [0.2, 0.25) is 0 Å². The van der Waals surface area contributed by atoms with E-state index in [0.717, 1.165) is 5.57 Å². The second-order valence-electron chi connectivity index (χ2n) is 4.74. The van der Waals surface area contributed by atoms with E-state index in [1.165, 1.54) is 0 Å². The van der Waals surface area contributed by atoms with Gasteiger partial charge in [-0.2, -0.15) is 0 Å². The summed E-state index contributed by atoms with van der Waals surface area (Å²) in [6.07, 6.45) is 2.25. The Morgan fingerprint density at radius 1 is 1.37 bits per heavy atom. The van der Waals surface area contributed by atoms with Crippen LogP contribution >= 0.6 is 0 Å². The van der Waals surface area contributed by atoms with Crippen molar-refractivity contribution >= 4 is 5.97 Å². The molecule has 0 rings (SSSR count). The number of esters is 1. The summed E-state index contributed by atoms with van der Waals surface area (Å²) in [6.45, 7) is 9.20. The number of carbonyl (C=O) groups is 1. The van der Waals surface area contributed by atoms with Gasteiger partial charge in [0.05, 0.1) is 0 Å². The molecule has 0 N–H and O–H groups in total. The van der Waals surface area contributed by atoms with Crippen molar-refractivity contribution in [1.82, 2.24) is 3.11 Å². The standard InChI is InChI=1S/C14H27INO3/c1-7-19-14(17)10-18-9-12(4)8-13(11(2)3)16(6)15-5/h8,11,13H,7,9-10H2,1-6H3/q-1/b12-8+/t13-/m1/s1. The first kappa shape index (κ1) is 18.9. The number of rotatable bonds is 9. The fraction of sp³-hybridized carbons (Fsp3) is 0.786. The molecule has 0 heterocycles. The van der Waals surface area contributed by atoms with Crippen LogP contribution < -0.4 is 21.5 Å². The molecule has 0 aliphatic carbocycles. The number of hydrogen-bond donors (Lipinski definition) is 0. The summed E-state index contributed by atoms with van der Waals surface area (Å²) < 4.78 is 12.6. The Bertz CT molecular complexity index is 292. The third-order valence-electron chi connectivity index (χ3n) is 2.67. The Balaban J connectivity index is 4.25. The van der Waals surface area contributed by atoms with Gasteiger partial charge in [-0.3, -0.25) is 0 Å². The second kappa shape index (κ2) is 10.6. The van der Waals surface area contributed by atoms with Gasteiger partial charge in [-0.25, -0.2) is 0 Å². The Morgan fingerprint density at radius 3 is 2.47 bits per heavy atom. The number of hydrogen-bond acceptors (Lipinski definition) is 4. The maximum atomic E-state index is 11.1. The van der Waals surface area contributed by atoms with E-state index >= 15 is 0 Å². The Morgan fingerprint density at radius 2 is 2.00 bits per heavy atom. The van der Waals surface area contributed by atoms with E-state index in [2.05, 4.69) is 35.0 Å². The number of alkyl halides is 1. The third-order valence-corrected chi connectivity index (χ3v) is 4.84. The Labute approximate surface area is 128 Å². The van der Waals surface area contributed by atoms with E-state index in [9.17, 15) is 4.79 Å². The van der Waals surface area contributed by atoms with Crippen molar-refractivity contribution in [3.63, 3.8) is 0 Å². The SMILES string of the molecule is CCOC(=O)COC/C(C)=C/[C@H](C(C)C)N(C)[I-]C. The van der Waals surface area contributed by atoms with Gasteiger partial charge >= 0.3 is 128 Å². The molecule has 5 heteroatoms. The van der Waals surface area contributed by atoms with E-state index in [4.69, 9.17) is 9.47 Å². The number of carbonyl (C=O) groups excluding carboxylic acids is 1. The Hall–Kier alpha value is -0.140. The van der Waals surface area contributed by atoms with Gasteiger partial charge in [-0.1, -0.05) is 0 Å². The number of likely N-dealkylation sites (N-methyl/N-ethyl adjacent to an activating group) is 1. The minimum atomic E-state index is -0.299. The van der Waals surface area contributed by atoms with Gasteiger partial charge in [0.1, 0.15) is 0 Å². The molecule has 0 amide bonds. The van der Waals surface area contributed by atoms with Crippen molar-refractivity contribution in [2.75, 3.05) is 31.8 Å². The van der Waals surface area contributed by atoms with Gasteiger partial charge in [0.25, 0.3) is 0 Å².